The fourth-order valence-electron chi connectivity index (χ4n) is 1.25. The predicted octanol–water partition coefficient (Wildman–Crippen LogP) is 1.51. The number of rotatable bonds is 2. The minimum Gasteiger partial charge on any atom is -0.211 e. The van der Waals surface area contributed by atoms with Crippen LogP contribution in [0.3, 0.4) is 0 Å². The van der Waals surface area contributed by atoms with Gasteiger partial charge in [-0.1, -0.05) is 19.1 Å². The van der Waals surface area contributed by atoms with Crippen LogP contribution in [0.4, 0.5) is 0 Å². The Hall–Kier alpha value is -1.76. The summed E-state index contributed by atoms with van der Waals surface area (Å²) >= 11 is 0. The summed E-state index contributed by atoms with van der Waals surface area (Å²) in [5.41, 5.74) is -0.0324. The van der Waals surface area contributed by atoms with E-state index in [1.54, 1.807) is 24.3 Å². The van der Waals surface area contributed by atoms with E-state index in [1.807, 2.05) is 13.8 Å². The van der Waals surface area contributed by atoms with E-state index < -0.39 is 5.54 Å². The number of allylic oxidation sites excluding steroid dienone is 1. The van der Waals surface area contributed by atoms with E-state index in [-0.39, 0.29) is 5.92 Å². The van der Waals surface area contributed by atoms with Crippen molar-refractivity contribution in [2.24, 2.45) is 15.9 Å². The molecule has 4 nitrogen and oxygen atoms in total. The van der Waals surface area contributed by atoms with Gasteiger partial charge >= 0.3 is 0 Å². The summed E-state index contributed by atoms with van der Waals surface area (Å²) in [6.07, 6.45) is 8.16. The standard InChI is InChI=1S/C10H10N2O2/c1-8-5-9(11-6-13)3-4-10(8,2)12-7-14/h3-5,8H,1-2H3. The zero-order valence-electron chi connectivity index (χ0n) is 8.02. The molecule has 0 fully saturated rings. The van der Waals surface area contributed by atoms with Crippen LogP contribution >= 0.6 is 0 Å². The molecule has 0 bridgehead atoms. The van der Waals surface area contributed by atoms with E-state index in [4.69, 9.17) is 0 Å². The number of hydrogen-bond acceptors (Lipinski definition) is 4. The van der Waals surface area contributed by atoms with Gasteiger partial charge in [0.25, 0.3) is 0 Å². The van der Waals surface area contributed by atoms with Gasteiger partial charge in [-0.05, 0) is 13.0 Å². The van der Waals surface area contributed by atoms with Crippen molar-refractivity contribution in [2.45, 2.75) is 19.4 Å². The second kappa shape index (κ2) is 3.97. The Labute approximate surface area is 81.8 Å². The third kappa shape index (κ3) is 1.94. The first kappa shape index (κ1) is 10.3. The van der Waals surface area contributed by atoms with E-state index >= 15 is 0 Å². The molecule has 0 spiro atoms. The number of carbonyl (C=O) groups excluding carboxylic acids is 2. The van der Waals surface area contributed by atoms with Crippen molar-refractivity contribution in [1.29, 1.82) is 0 Å². The van der Waals surface area contributed by atoms with Crippen molar-refractivity contribution in [2.75, 3.05) is 0 Å². The highest BCUT2D eigenvalue weighted by Gasteiger charge is 2.29. The average molecular weight is 190 g/mol. The normalized spacial score (nSPS) is 29.9. The molecule has 0 amide bonds. The summed E-state index contributed by atoms with van der Waals surface area (Å²) in [5.74, 6) is 0.000972. The molecule has 0 saturated carbocycles. The molecule has 0 saturated heterocycles. The highest BCUT2D eigenvalue weighted by Crippen LogP contribution is 2.29. The molecular formula is C10H10N2O2. The maximum Gasteiger partial charge on any atom is 0.240 e. The first-order valence-electron chi connectivity index (χ1n) is 4.20. The van der Waals surface area contributed by atoms with E-state index in [9.17, 15) is 9.59 Å². The lowest BCUT2D eigenvalue weighted by atomic mass is 9.83. The Kier molecular flexibility index (Phi) is 2.92. The van der Waals surface area contributed by atoms with Crippen LogP contribution in [0.25, 0.3) is 0 Å². The van der Waals surface area contributed by atoms with Gasteiger partial charge in [-0.15, -0.1) is 0 Å². The van der Waals surface area contributed by atoms with Gasteiger partial charge in [0.1, 0.15) is 0 Å². The molecule has 0 aromatic carbocycles. The molecule has 0 heterocycles. The topological polar surface area (TPSA) is 58.9 Å². The lowest BCUT2D eigenvalue weighted by molar-refractivity contribution is 0.448. The molecule has 0 aliphatic heterocycles. The molecule has 0 radical (unpaired) electrons. The molecule has 0 aromatic heterocycles. The highest BCUT2D eigenvalue weighted by molar-refractivity contribution is 5.43. The summed E-state index contributed by atoms with van der Waals surface area (Å²) in [6, 6.07) is 0. The smallest absolute Gasteiger partial charge is 0.211 e. The molecule has 4 heteroatoms. The minimum absolute atomic E-state index is 0.000972. The van der Waals surface area contributed by atoms with Gasteiger partial charge in [0.2, 0.25) is 12.2 Å². The Morgan fingerprint density at radius 2 is 2.14 bits per heavy atom. The number of nitrogens with zero attached hydrogens (tertiary/aromatic N) is 2. The molecule has 2 unspecified atom stereocenters. The van der Waals surface area contributed by atoms with Crippen LogP contribution in [-0.4, -0.2) is 17.7 Å². The van der Waals surface area contributed by atoms with Crippen LogP contribution in [0.2, 0.25) is 0 Å². The summed E-state index contributed by atoms with van der Waals surface area (Å²) in [4.78, 5) is 27.4. The molecular weight excluding hydrogens is 180 g/mol. The van der Waals surface area contributed by atoms with Crippen LogP contribution in [0.15, 0.2) is 33.9 Å². The monoisotopic (exact) mass is 190 g/mol. The van der Waals surface area contributed by atoms with Gasteiger partial charge in [0.15, 0.2) is 0 Å². The number of hydrogen-bond donors (Lipinski definition) is 0. The van der Waals surface area contributed by atoms with Crippen molar-refractivity contribution in [1.82, 2.24) is 0 Å². The van der Waals surface area contributed by atoms with Crippen molar-refractivity contribution >= 4 is 12.2 Å². The van der Waals surface area contributed by atoms with Gasteiger partial charge in [-0.3, -0.25) is 0 Å². The average Bonchev–Trinajstić information content (AvgIpc) is 2.13. The fraction of sp³-hybridized carbons (Fsp3) is 0.400. The van der Waals surface area contributed by atoms with Crippen LogP contribution < -0.4 is 0 Å². The molecule has 1 aliphatic carbocycles. The Bertz CT molecular complexity index is 385. The first-order chi connectivity index (χ1) is 6.62. The molecule has 0 aromatic rings. The summed E-state index contributed by atoms with van der Waals surface area (Å²) in [7, 11) is 0. The van der Waals surface area contributed by atoms with Crippen LogP contribution in [0.5, 0.6) is 0 Å². The Balaban J connectivity index is 3.01. The summed E-state index contributed by atoms with van der Waals surface area (Å²) in [5, 5.41) is 0. The van der Waals surface area contributed by atoms with Crippen molar-refractivity contribution in [3.8, 4) is 0 Å². The second-order valence-electron chi connectivity index (χ2n) is 3.35. The summed E-state index contributed by atoms with van der Waals surface area (Å²) < 4.78 is 0. The third-order valence-corrected chi connectivity index (χ3v) is 2.40. The molecule has 2 atom stereocenters. The van der Waals surface area contributed by atoms with Crippen molar-refractivity contribution in [3.05, 3.63) is 23.9 Å². The molecule has 1 aliphatic rings. The molecule has 72 valence electrons. The highest BCUT2D eigenvalue weighted by atomic mass is 16.1. The van der Waals surface area contributed by atoms with Crippen molar-refractivity contribution in [3.63, 3.8) is 0 Å². The third-order valence-electron chi connectivity index (χ3n) is 2.40. The van der Waals surface area contributed by atoms with Gasteiger partial charge in [0, 0.05) is 5.92 Å². The summed E-state index contributed by atoms with van der Waals surface area (Å²) in [6.45, 7) is 3.71. The SMILES string of the molecule is CC1C=C(N=C=O)C=CC1(C)N=C=O. The maximum atomic E-state index is 10.2. The van der Waals surface area contributed by atoms with Gasteiger partial charge in [-0.2, -0.15) is 9.98 Å². The van der Waals surface area contributed by atoms with Crippen LogP contribution in [0, 0.1) is 5.92 Å². The molecule has 14 heavy (non-hydrogen) atoms. The predicted molar refractivity (Wildman–Crippen MR) is 51.0 cm³/mol. The quantitative estimate of drug-likeness (QED) is 0.489. The largest absolute Gasteiger partial charge is 0.240 e. The fourth-order valence-corrected chi connectivity index (χ4v) is 1.25. The number of isocyanates is 2. The Morgan fingerprint density at radius 1 is 1.43 bits per heavy atom. The van der Waals surface area contributed by atoms with E-state index in [2.05, 4.69) is 9.98 Å². The van der Waals surface area contributed by atoms with Gasteiger partial charge in [0.05, 0.1) is 11.2 Å². The number of aliphatic imine (C=N–C) groups is 2. The minimum atomic E-state index is -0.580. The van der Waals surface area contributed by atoms with Gasteiger partial charge < -0.3 is 0 Å². The Morgan fingerprint density at radius 3 is 2.64 bits per heavy atom. The molecule has 0 N–H and O–H groups in total. The van der Waals surface area contributed by atoms with Gasteiger partial charge in [-0.25, -0.2) is 9.59 Å². The second-order valence-corrected chi connectivity index (χ2v) is 3.35. The zero-order valence-corrected chi connectivity index (χ0v) is 8.02. The van der Waals surface area contributed by atoms with E-state index in [1.165, 1.54) is 6.08 Å². The lowest BCUT2D eigenvalue weighted by Crippen LogP contribution is -2.29. The lowest BCUT2D eigenvalue weighted by Gasteiger charge is -2.27. The van der Waals surface area contributed by atoms with Crippen LogP contribution in [0.1, 0.15) is 13.8 Å². The molecule has 1 rings (SSSR count). The van der Waals surface area contributed by atoms with Crippen molar-refractivity contribution < 1.29 is 9.59 Å². The zero-order chi connectivity index (χ0) is 10.6. The van der Waals surface area contributed by atoms with E-state index in [0.29, 0.717) is 5.70 Å². The van der Waals surface area contributed by atoms with E-state index in [0.717, 1.165) is 0 Å². The maximum absolute atomic E-state index is 10.2. The van der Waals surface area contributed by atoms with Crippen LogP contribution in [-0.2, 0) is 9.59 Å². The first-order valence-corrected chi connectivity index (χ1v) is 4.20.